The van der Waals surface area contributed by atoms with E-state index in [0.29, 0.717) is 5.82 Å². The lowest BCUT2D eigenvalue weighted by molar-refractivity contribution is -0.130. The van der Waals surface area contributed by atoms with Gasteiger partial charge >= 0.3 is 0 Å². The molecule has 0 bridgehead atoms. The van der Waals surface area contributed by atoms with Gasteiger partial charge in [-0.05, 0) is 35.2 Å². The number of rotatable bonds is 9. The number of pyridine rings is 1. The molecule has 0 radical (unpaired) electrons. The molecule has 7 N–H and O–H groups in total. The van der Waals surface area contributed by atoms with Gasteiger partial charge in [0.25, 0.3) is 0 Å². The van der Waals surface area contributed by atoms with Crippen molar-refractivity contribution in [2.75, 3.05) is 5.73 Å². The normalized spacial score (nSPS) is 13.9. The topological polar surface area (TPSA) is 143 Å². The van der Waals surface area contributed by atoms with Crippen molar-refractivity contribution in [2.45, 2.75) is 45.3 Å². The van der Waals surface area contributed by atoms with Gasteiger partial charge in [-0.25, -0.2) is 4.98 Å². The highest BCUT2D eigenvalue weighted by atomic mass is 16.3. The number of amides is 2. The molecule has 0 aliphatic heterocycles. The number of benzene rings is 1. The summed E-state index contributed by atoms with van der Waals surface area (Å²) < 4.78 is 0. The van der Waals surface area contributed by atoms with E-state index in [9.17, 15) is 14.7 Å². The van der Waals surface area contributed by atoms with Gasteiger partial charge in [0.1, 0.15) is 17.6 Å². The summed E-state index contributed by atoms with van der Waals surface area (Å²) in [4.78, 5) is 29.3. The lowest BCUT2D eigenvalue weighted by Gasteiger charge is -2.23. The fraction of sp³-hybridized carbons (Fsp3) is 0.381. The molecule has 29 heavy (non-hydrogen) atoms. The molecule has 1 aromatic carbocycles. The Morgan fingerprint density at radius 1 is 1.10 bits per heavy atom. The second-order valence-corrected chi connectivity index (χ2v) is 7.15. The monoisotopic (exact) mass is 399 g/mol. The number of nitrogens with one attached hydrogen (secondary N) is 2. The third kappa shape index (κ3) is 6.76. The number of hydrogen-bond acceptors (Lipinski definition) is 6. The van der Waals surface area contributed by atoms with Crippen LogP contribution in [-0.2, 0) is 22.6 Å². The molecule has 0 saturated carbocycles. The Bertz CT molecular complexity index is 808. The number of carbonyl (C=O) groups excluding carboxylic acids is 2. The molecule has 8 nitrogen and oxygen atoms in total. The number of aromatic nitrogens is 1. The number of nitrogens with two attached hydrogens (primary N) is 2. The van der Waals surface area contributed by atoms with E-state index in [2.05, 4.69) is 15.6 Å². The zero-order chi connectivity index (χ0) is 21.4. The predicted octanol–water partition coefficient (Wildman–Crippen LogP) is 1.09. The van der Waals surface area contributed by atoms with E-state index in [0.717, 1.165) is 17.5 Å². The number of hydrogen-bond donors (Lipinski definition) is 5. The molecule has 0 saturated heterocycles. The summed E-state index contributed by atoms with van der Waals surface area (Å²) in [5.41, 5.74) is 13.2. The van der Waals surface area contributed by atoms with Crippen LogP contribution in [0.15, 0.2) is 42.6 Å². The SMILES string of the molecule is CCC(C)[C@@H](N)C(=O)N[C@@H](Cc1ccc(O)cc1)C(=O)NCc1ccc(N)nc1. The zero-order valence-corrected chi connectivity index (χ0v) is 16.8. The molecule has 0 aliphatic rings. The van der Waals surface area contributed by atoms with Gasteiger partial charge in [-0.1, -0.05) is 38.5 Å². The molecular formula is C21H29N5O3. The third-order valence-electron chi connectivity index (χ3n) is 4.88. The molecule has 3 atom stereocenters. The van der Waals surface area contributed by atoms with Gasteiger partial charge in [0.2, 0.25) is 11.8 Å². The van der Waals surface area contributed by atoms with E-state index in [1.54, 1.807) is 30.5 Å². The van der Waals surface area contributed by atoms with Gasteiger partial charge in [-0.3, -0.25) is 9.59 Å². The zero-order valence-electron chi connectivity index (χ0n) is 16.8. The van der Waals surface area contributed by atoms with Crippen LogP contribution in [0.2, 0.25) is 0 Å². The van der Waals surface area contributed by atoms with Crippen LogP contribution in [0.5, 0.6) is 5.75 Å². The first-order valence-corrected chi connectivity index (χ1v) is 9.62. The fourth-order valence-corrected chi connectivity index (χ4v) is 2.71. The first kappa shape index (κ1) is 22.2. The summed E-state index contributed by atoms with van der Waals surface area (Å²) >= 11 is 0. The van der Waals surface area contributed by atoms with Crippen molar-refractivity contribution >= 4 is 17.6 Å². The van der Waals surface area contributed by atoms with Crippen LogP contribution < -0.4 is 22.1 Å². The first-order valence-electron chi connectivity index (χ1n) is 9.62. The van der Waals surface area contributed by atoms with Crippen LogP contribution in [0.3, 0.4) is 0 Å². The lowest BCUT2D eigenvalue weighted by Crippen LogP contribution is -2.53. The first-order chi connectivity index (χ1) is 13.8. The van der Waals surface area contributed by atoms with Gasteiger partial charge in [0.05, 0.1) is 6.04 Å². The maximum Gasteiger partial charge on any atom is 0.243 e. The Morgan fingerprint density at radius 2 is 1.76 bits per heavy atom. The number of carbonyl (C=O) groups is 2. The fourth-order valence-electron chi connectivity index (χ4n) is 2.71. The second-order valence-electron chi connectivity index (χ2n) is 7.15. The van der Waals surface area contributed by atoms with E-state index in [1.165, 1.54) is 12.1 Å². The Hall–Kier alpha value is -3.13. The molecular weight excluding hydrogens is 370 g/mol. The van der Waals surface area contributed by atoms with Crippen molar-refractivity contribution in [3.05, 3.63) is 53.7 Å². The van der Waals surface area contributed by atoms with Gasteiger partial charge in [-0.15, -0.1) is 0 Å². The van der Waals surface area contributed by atoms with Gasteiger partial charge in [0, 0.05) is 19.2 Å². The summed E-state index contributed by atoms with van der Waals surface area (Å²) in [5, 5.41) is 15.0. The van der Waals surface area contributed by atoms with E-state index in [-0.39, 0.29) is 36.4 Å². The summed E-state index contributed by atoms with van der Waals surface area (Å²) in [6.45, 7) is 4.11. The standard InChI is InChI=1S/C21H29N5O3/c1-3-13(2)19(23)21(29)26-17(10-14-4-7-16(27)8-5-14)20(28)25-12-15-6-9-18(22)24-11-15/h4-9,11,13,17,19,27H,3,10,12,23H2,1-2H3,(H2,22,24)(H,25,28)(H,26,29)/t13?,17-,19+/m0/s1. The van der Waals surface area contributed by atoms with Crippen molar-refractivity contribution in [3.8, 4) is 5.75 Å². The van der Waals surface area contributed by atoms with Crippen LogP contribution in [-0.4, -0.2) is 34.0 Å². The Balaban J connectivity index is 2.09. The minimum Gasteiger partial charge on any atom is -0.508 e. The van der Waals surface area contributed by atoms with Crippen molar-refractivity contribution in [1.82, 2.24) is 15.6 Å². The predicted molar refractivity (Wildman–Crippen MR) is 112 cm³/mol. The van der Waals surface area contributed by atoms with E-state index >= 15 is 0 Å². The Morgan fingerprint density at radius 3 is 2.34 bits per heavy atom. The molecule has 0 fully saturated rings. The molecule has 2 rings (SSSR count). The van der Waals surface area contributed by atoms with E-state index in [4.69, 9.17) is 11.5 Å². The van der Waals surface area contributed by atoms with Crippen LogP contribution in [0, 0.1) is 5.92 Å². The number of aromatic hydroxyl groups is 1. The Kier molecular flexibility index (Phi) is 7.97. The second kappa shape index (κ2) is 10.4. The number of nitrogen functional groups attached to an aromatic ring is 1. The van der Waals surface area contributed by atoms with Gasteiger partial charge in [-0.2, -0.15) is 0 Å². The van der Waals surface area contributed by atoms with Gasteiger partial charge in [0.15, 0.2) is 0 Å². The van der Waals surface area contributed by atoms with Crippen LogP contribution in [0.4, 0.5) is 5.82 Å². The quantitative estimate of drug-likeness (QED) is 0.427. The molecule has 0 spiro atoms. The minimum atomic E-state index is -0.802. The molecule has 1 unspecified atom stereocenters. The van der Waals surface area contributed by atoms with Crippen molar-refractivity contribution in [2.24, 2.45) is 11.7 Å². The molecule has 156 valence electrons. The van der Waals surface area contributed by atoms with Crippen LogP contribution >= 0.6 is 0 Å². The smallest absolute Gasteiger partial charge is 0.243 e. The summed E-state index contributed by atoms with van der Waals surface area (Å²) in [6, 6.07) is 8.42. The highest BCUT2D eigenvalue weighted by molar-refractivity contribution is 5.90. The maximum absolute atomic E-state index is 12.8. The largest absolute Gasteiger partial charge is 0.508 e. The molecule has 1 heterocycles. The van der Waals surface area contributed by atoms with Crippen molar-refractivity contribution in [3.63, 3.8) is 0 Å². The number of nitrogens with zero attached hydrogens (tertiary/aromatic N) is 1. The third-order valence-corrected chi connectivity index (χ3v) is 4.88. The molecule has 2 aromatic rings. The van der Waals surface area contributed by atoms with Gasteiger partial charge < -0.3 is 27.2 Å². The molecule has 8 heteroatoms. The number of phenols is 1. The lowest BCUT2D eigenvalue weighted by atomic mass is 9.98. The van der Waals surface area contributed by atoms with Crippen LogP contribution in [0.25, 0.3) is 0 Å². The van der Waals surface area contributed by atoms with Crippen molar-refractivity contribution in [1.29, 1.82) is 0 Å². The average Bonchev–Trinajstić information content (AvgIpc) is 2.72. The average molecular weight is 399 g/mol. The van der Waals surface area contributed by atoms with E-state index in [1.807, 2.05) is 13.8 Å². The molecule has 0 aliphatic carbocycles. The highest BCUT2D eigenvalue weighted by Gasteiger charge is 2.26. The number of phenolic OH excluding ortho intramolecular Hbond substituents is 1. The number of anilines is 1. The summed E-state index contributed by atoms with van der Waals surface area (Å²) in [5.74, 6) is -0.176. The molecule has 2 amide bonds. The maximum atomic E-state index is 12.8. The van der Waals surface area contributed by atoms with E-state index < -0.39 is 12.1 Å². The van der Waals surface area contributed by atoms with Crippen molar-refractivity contribution < 1.29 is 14.7 Å². The minimum absolute atomic E-state index is 0.00626. The summed E-state index contributed by atoms with van der Waals surface area (Å²) in [6.07, 6.45) is 2.61. The summed E-state index contributed by atoms with van der Waals surface area (Å²) in [7, 11) is 0. The van der Waals surface area contributed by atoms with Crippen LogP contribution in [0.1, 0.15) is 31.4 Å². The molecule has 1 aromatic heterocycles. The Labute approximate surface area is 170 Å². The highest BCUT2D eigenvalue weighted by Crippen LogP contribution is 2.12.